The second-order valence-electron chi connectivity index (χ2n) is 4.11. The van der Waals surface area contributed by atoms with E-state index in [0.29, 0.717) is 5.13 Å². The van der Waals surface area contributed by atoms with E-state index in [9.17, 15) is 14.9 Å². The van der Waals surface area contributed by atoms with Gasteiger partial charge < -0.3 is 5.73 Å². The maximum absolute atomic E-state index is 12.1. The maximum Gasteiger partial charge on any atom is 0.292 e. The molecule has 3 N–H and O–H groups in total. The number of aromatic nitrogens is 1. The Labute approximate surface area is 118 Å². The van der Waals surface area contributed by atoms with E-state index in [-0.39, 0.29) is 16.9 Å². The van der Waals surface area contributed by atoms with Crippen molar-refractivity contribution >= 4 is 33.8 Å². The Morgan fingerprint density at radius 1 is 1.45 bits per heavy atom. The number of nitrogens with zero attached hydrogens (tertiary/aromatic N) is 2. The van der Waals surface area contributed by atoms with Crippen LogP contribution in [-0.2, 0) is 0 Å². The zero-order valence-corrected chi connectivity index (χ0v) is 11.7. The lowest BCUT2D eigenvalue weighted by Crippen LogP contribution is -2.14. The van der Waals surface area contributed by atoms with Crippen LogP contribution in [0.4, 0.5) is 16.5 Å². The van der Waals surface area contributed by atoms with Crippen LogP contribution in [0, 0.1) is 24.0 Å². The molecule has 0 unspecified atom stereocenters. The van der Waals surface area contributed by atoms with Crippen LogP contribution in [-0.4, -0.2) is 15.8 Å². The minimum atomic E-state index is -0.621. The summed E-state index contributed by atoms with van der Waals surface area (Å²) in [6.45, 7) is 3.73. The van der Waals surface area contributed by atoms with Crippen LogP contribution in [0.15, 0.2) is 18.2 Å². The summed E-state index contributed by atoms with van der Waals surface area (Å²) in [5.74, 6) is -0.514. The Balaban J connectivity index is 2.30. The summed E-state index contributed by atoms with van der Waals surface area (Å²) in [7, 11) is 0. The number of para-hydroxylation sites is 1. The van der Waals surface area contributed by atoms with Crippen molar-refractivity contribution in [2.24, 2.45) is 0 Å². The summed E-state index contributed by atoms with van der Waals surface area (Å²) in [5, 5.41) is 13.8. The second-order valence-corrected chi connectivity index (χ2v) is 5.31. The van der Waals surface area contributed by atoms with Crippen molar-refractivity contribution in [3.8, 4) is 0 Å². The normalized spacial score (nSPS) is 10.3. The first-order valence-electron chi connectivity index (χ1n) is 5.68. The van der Waals surface area contributed by atoms with Gasteiger partial charge in [0.25, 0.3) is 11.6 Å². The van der Waals surface area contributed by atoms with Crippen molar-refractivity contribution in [1.29, 1.82) is 0 Å². The lowest BCUT2D eigenvalue weighted by Gasteiger charge is -2.05. The number of nitro benzene ring substituents is 1. The quantitative estimate of drug-likeness (QED) is 0.513. The Kier molecular flexibility index (Phi) is 3.66. The molecule has 0 saturated heterocycles. The van der Waals surface area contributed by atoms with Crippen molar-refractivity contribution < 1.29 is 9.72 Å². The van der Waals surface area contributed by atoms with Gasteiger partial charge in [0, 0.05) is 10.9 Å². The summed E-state index contributed by atoms with van der Waals surface area (Å²) in [5.41, 5.74) is 6.10. The highest BCUT2D eigenvalue weighted by Gasteiger charge is 2.19. The smallest absolute Gasteiger partial charge is 0.292 e. The number of amides is 1. The van der Waals surface area contributed by atoms with E-state index in [1.165, 1.54) is 29.5 Å². The zero-order chi connectivity index (χ0) is 14.9. The number of carbonyl (C=O) groups excluding carboxylic acids is 1. The highest BCUT2D eigenvalue weighted by atomic mass is 32.1. The fourth-order valence-electron chi connectivity index (χ4n) is 1.60. The molecule has 8 heteroatoms. The lowest BCUT2D eigenvalue weighted by atomic mass is 10.1. The fraction of sp³-hybridized carbons (Fsp3) is 0.167. The number of hydrogen-bond acceptors (Lipinski definition) is 6. The van der Waals surface area contributed by atoms with Gasteiger partial charge in [-0.1, -0.05) is 6.07 Å². The van der Waals surface area contributed by atoms with E-state index in [0.717, 1.165) is 10.6 Å². The van der Waals surface area contributed by atoms with E-state index in [1.807, 2.05) is 13.8 Å². The molecule has 0 atom stereocenters. The summed E-state index contributed by atoms with van der Waals surface area (Å²) in [6, 6.07) is 4.11. The highest BCUT2D eigenvalue weighted by molar-refractivity contribution is 7.15. The minimum Gasteiger partial charge on any atom is -0.393 e. The molecule has 0 aliphatic rings. The molecule has 0 spiro atoms. The van der Waals surface area contributed by atoms with Crippen LogP contribution in [0.5, 0.6) is 0 Å². The van der Waals surface area contributed by atoms with Gasteiger partial charge in [0.05, 0.1) is 16.2 Å². The zero-order valence-electron chi connectivity index (χ0n) is 10.8. The molecule has 0 saturated carbocycles. The fourth-order valence-corrected chi connectivity index (χ4v) is 2.41. The van der Waals surface area contributed by atoms with Crippen LogP contribution in [0.3, 0.4) is 0 Å². The van der Waals surface area contributed by atoms with Gasteiger partial charge in [-0.15, -0.1) is 11.3 Å². The monoisotopic (exact) mass is 292 g/mol. The number of nitrogens with one attached hydrogen (secondary N) is 1. The molecule has 0 aliphatic carbocycles. The molecular formula is C12H12N4O3S. The Morgan fingerprint density at radius 3 is 2.70 bits per heavy atom. The molecular weight excluding hydrogens is 280 g/mol. The summed E-state index contributed by atoms with van der Waals surface area (Å²) < 4.78 is 0. The second kappa shape index (κ2) is 5.25. The van der Waals surface area contributed by atoms with E-state index >= 15 is 0 Å². The van der Waals surface area contributed by atoms with Crippen molar-refractivity contribution in [3.05, 3.63) is 44.4 Å². The SMILES string of the molecule is Cc1nc(NC(=O)c2cccc([N+](=O)[O-])c2N)sc1C. The van der Waals surface area contributed by atoms with E-state index in [2.05, 4.69) is 10.3 Å². The summed E-state index contributed by atoms with van der Waals surface area (Å²) in [6.07, 6.45) is 0. The first kappa shape index (κ1) is 13.9. The first-order valence-corrected chi connectivity index (χ1v) is 6.50. The number of nitro groups is 1. The van der Waals surface area contributed by atoms with Gasteiger partial charge in [-0.25, -0.2) is 4.98 Å². The number of anilines is 2. The standard InChI is InChI=1S/C12H12N4O3S/c1-6-7(2)20-12(14-6)15-11(17)8-4-3-5-9(10(8)13)16(18)19/h3-5H,13H2,1-2H3,(H,14,15,17). The summed E-state index contributed by atoms with van der Waals surface area (Å²) >= 11 is 1.34. The third-order valence-corrected chi connectivity index (χ3v) is 3.76. The third-order valence-electron chi connectivity index (χ3n) is 2.77. The molecule has 1 amide bonds. The van der Waals surface area contributed by atoms with Crippen molar-refractivity contribution in [3.63, 3.8) is 0 Å². The van der Waals surface area contributed by atoms with Crippen molar-refractivity contribution in [2.75, 3.05) is 11.1 Å². The molecule has 2 aromatic rings. The van der Waals surface area contributed by atoms with Crippen molar-refractivity contribution in [1.82, 2.24) is 4.98 Å². The molecule has 0 aliphatic heterocycles. The van der Waals surface area contributed by atoms with E-state index in [1.54, 1.807) is 0 Å². The Morgan fingerprint density at radius 2 is 2.15 bits per heavy atom. The average molecular weight is 292 g/mol. The summed E-state index contributed by atoms with van der Waals surface area (Å²) in [4.78, 5) is 27.4. The molecule has 2 rings (SSSR count). The molecule has 0 radical (unpaired) electrons. The average Bonchev–Trinajstić information content (AvgIpc) is 2.67. The van der Waals surface area contributed by atoms with Gasteiger partial charge in [0.1, 0.15) is 5.69 Å². The number of carbonyl (C=O) groups is 1. The Hall–Kier alpha value is -2.48. The topological polar surface area (TPSA) is 111 Å². The molecule has 1 heterocycles. The first-order chi connectivity index (χ1) is 9.40. The molecule has 7 nitrogen and oxygen atoms in total. The van der Waals surface area contributed by atoms with Gasteiger partial charge in [-0.05, 0) is 19.9 Å². The highest BCUT2D eigenvalue weighted by Crippen LogP contribution is 2.27. The number of benzene rings is 1. The number of thiazole rings is 1. The third kappa shape index (κ3) is 2.59. The molecule has 104 valence electrons. The van der Waals surface area contributed by atoms with Gasteiger partial charge >= 0.3 is 0 Å². The molecule has 20 heavy (non-hydrogen) atoms. The maximum atomic E-state index is 12.1. The van der Waals surface area contributed by atoms with Gasteiger partial charge in [-0.2, -0.15) is 0 Å². The number of aryl methyl sites for hydroxylation is 2. The number of rotatable bonds is 3. The molecule has 1 aromatic carbocycles. The molecule has 0 bridgehead atoms. The van der Waals surface area contributed by atoms with Crippen LogP contribution in [0.2, 0.25) is 0 Å². The van der Waals surface area contributed by atoms with Gasteiger partial charge in [-0.3, -0.25) is 20.2 Å². The van der Waals surface area contributed by atoms with Crippen LogP contribution in [0.1, 0.15) is 20.9 Å². The van der Waals surface area contributed by atoms with E-state index in [4.69, 9.17) is 5.73 Å². The number of nitrogens with two attached hydrogens (primary N) is 1. The van der Waals surface area contributed by atoms with Crippen LogP contribution >= 0.6 is 11.3 Å². The Bertz CT molecular complexity index is 677. The van der Waals surface area contributed by atoms with E-state index < -0.39 is 10.8 Å². The lowest BCUT2D eigenvalue weighted by molar-refractivity contribution is -0.383. The number of nitrogen functional groups attached to an aromatic ring is 1. The molecule has 0 fully saturated rings. The number of hydrogen-bond donors (Lipinski definition) is 2. The molecule has 1 aromatic heterocycles. The predicted octanol–water partition coefficient (Wildman–Crippen LogP) is 2.50. The predicted molar refractivity (Wildman–Crippen MR) is 77.1 cm³/mol. The van der Waals surface area contributed by atoms with Crippen molar-refractivity contribution in [2.45, 2.75) is 13.8 Å². The minimum absolute atomic E-state index is 0.0599. The van der Waals surface area contributed by atoms with Gasteiger partial charge in [0.15, 0.2) is 5.13 Å². The van der Waals surface area contributed by atoms with Crippen LogP contribution < -0.4 is 11.1 Å². The van der Waals surface area contributed by atoms with Crippen LogP contribution in [0.25, 0.3) is 0 Å². The van der Waals surface area contributed by atoms with Gasteiger partial charge in [0.2, 0.25) is 0 Å². The largest absolute Gasteiger partial charge is 0.393 e.